The van der Waals surface area contributed by atoms with Crippen LogP contribution < -0.4 is 5.32 Å². The van der Waals surface area contributed by atoms with Crippen molar-refractivity contribution in [3.63, 3.8) is 0 Å². The van der Waals surface area contributed by atoms with Crippen molar-refractivity contribution in [2.24, 2.45) is 0 Å². The van der Waals surface area contributed by atoms with E-state index in [1.807, 2.05) is 25.1 Å². The number of halogens is 4. The van der Waals surface area contributed by atoms with Gasteiger partial charge >= 0.3 is 0 Å². The fourth-order valence-corrected chi connectivity index (χ4v) is 2.70. The molecule has 0 saturated heterocycles. The van der Waals surface area contributed by atoms with Gasteiger partial charge in [-0.15, -0.1) is 0 Å². The summed E-state index contributed by atoms with van der Waals surface area (Å²) in [6, 6.07) is 9.36. The zero-order chi connectivity index (χ0) is 14.0. The molecular formula is C14H11Br3FN. The second kappa shape index (κ2) is 6.37. The number of rotatable bonds is 3. The van der Waals surface area contributed by atoms with Crippen LogP contribution in [0.2, 0.25) is 0 Å². The fraction of sp³-hybridized carbons (Fsp3) is 0.143. The van der Waals surface area contributed by atoms with Crippen LogP contribution in [0.1, 0.15) is 11.1 Å². The molecule has 0 heterocycles. The van der Waals surface area contributed by atoms with Crippen LogP contribution in [0, 0.1) is 12.7 Å². The molecule has 2 rings (SSSR count). The number of aryl methyl sites for hydroxylation is 1. The second-order valence-electron chi connectivity index (χ2n) is 4.18. The summed E-state index contributed by atoms with van der Waals surface area (Å²) in [4.78, 5) is 0. The van der Waals surface area contributed by atoms with Crippen LogP contribution in [-0.4, -0.2) is 0 Å². The van der Waals surface area contributed by atoms with Crippen LogP contribution in [0.4, 0.5) is 10.1 Å². The molecule has 2 aromatic rings. The number of anilines is 1. The molecule has 0 aromatic heterocycles. The molecule has 0 aliphatic heterocycles. The Bertz CT molecular complexity index is 614. The van der Waals surface area contributed by atoms with E-state index in [1.165, 1.54) is 6.07 Å². The second-order valence-corrected chi connectivity index (χ2v) is 6.75. The molecular weight excluding hydrogens is 441 g/mol. The maximum atomic E-state index is 13.3. The maximum Gasteiger partial charge on any atom is 0.137 e. The van der Waals surface area contributed by atoms with Gasteiger partial charge in [-0.1, -0.05) is 6.07 Å². The van der Waals surface area contributed by atoms with Gasteiger partial charge in [-0.05, 0) is 90.1 Å². The first-order valence-electron chi connectivity index (χ1n) is 5.61. The van der Waals surface area contributed by atoms with Crippen molar-refractivity contribution in [3.05, 3.63) is 60.7 Å². The van der Waals surface area contributed by atoms with Crippen LogP contribution in [0.25, 0.3) is 0 Å². The van der Waals surface area contributed by atoms with Gasteiger partial charge in [0.2, 0.25) is 0 Å². The number of hydrogen-bond acceptors (Lipinski definition) is 1. The van der Waals surface area contributed by atoms with Crippen molar-refractivity contribution in [2.75, 3.05) is 5.32 Å². The Morgan fingerprint density at radius 2 is 1.74 bits per heavy atom. The highest BCUT2D eigenvalue weighted by atomic mass is 79.9. The number of nitrogens with one attached hydrogen (secondary N) is 1. The van der Waals surface area contributed by atoms with E-state index in [9.17, 15) is 4.39 Å². The Labute approximate surface area is 137 Å². The van der Waals surface area contributed by atoms with Crippen LogP contribution in [-0.2, 0) is 6.54 Å². The standard InChI is InChI=1S/C14H11Br3FN/c1-8-4-13(18)12(17)6-14(8)19-7-9-2-3-10(15)11(16)5-9/h2-6,19H,7H2,1H3. The highest BCUT2D eigenvalue weighted by Crippen LogP contribution is 2.26. The first-order valence-corrected chi connectivity index (χ1v) is 7.98. The minimum absolute atomic E-state index is 0.241. The lowest BCUT2D eigenvalue weighted by Crippen LogP contribution is -2.01. The Kier molecular flexibility index (Phi) is 5.03. The van der Waals surface area contributed by atoms with Crippen molar-refractivity contribution in [1.29, 1.82) is 0 Å². The Morgan fingerprint density at radius 3 is 2.42 bits per heavy atom. The van der Waals surface area contributed by atoms with E-state index in [2.05, 4.69) is 53.1 Å². The Balaban J connectivity index is 2.14. The maximum absolute atomic E-state index is 13.3. The summed E-state index contributed by atoms with van der Waals surface area (Å²) in [7, 11) is 0. The molecule has 0 bridgehead atoms. The lowest BCUT2D eigenvalue weighted by atomic mass is 10.1. The predicted octanol–water partition coefficient (Wildman–Crippen LogP) is 6.03. The molecule has 0 radical (unpaired) electrons. The molecule has 0 spiro atoms. The van der Waals surface area contributed by atoms with Gasteiger partial charge in [0, 0.05) is 21.2 Å². The Hall–Kier alpha value is -0.390. The predicted molar refractivity (Wildman–Crippen MR) is 88.0 cm³/mol. The van der Waals surface area contributed by atoms with Crippen LogP contribution in [0.15, 0.2) is 43.7 Å². The highest BCUT2D eigenvalue weighted by Gasteiger charge is 2.05. The molecule has 19 heavy (non-hydrogen) atoms. The summed E-state index contributed by atoms with van der Waals surface area (Å²) in [6.07, 6.45) is 0. The van der Waals surface area contributed by atoms with Crippen LogP contribution >= 0.6 is 47.8 Å². The first-order chi connectivity index (χ1) is 8.97. The van der Waals surface area contributed by atoms with Gasteiger partial charge in [-0.3, -0.25) is 0 Å². The quantitative estimate of drug-likeness (QED) is 0.600. The lowest BCUT2D eigenvalue weighted by molar-refractivity contribution is 0.620. The third-order valence-corrected chi connectivity index (χ3v) is 5.22. The van der Waals surface area contributed by atoms with E-state index in [1.54, 1.807) is 6.07 Å². The third kappa shape index (κ3) is 3.80. The zero-order valence-electron chi connectivity index (χ0n) is 10.1. The van der Waals surface area contributed by atoms with E-state index in [0.29, 0.717) is 11.0 Å². The average Bonchev–Trinajstić information content (AvgIpc) is 2.36. The van der Waals surface area contributed by atoms with E-state index < -0.39 is 0 Å². The summed E-state index contributed by atoms with van der Waals surface area (Å²) >= 11 is 10.1. The SMILES string of the molecule is Cc1cc(F)c(Br)cc1NCc1ccc(Br)c(Br)c1. The van der Waals surface area contributed by atoms with Gasteiger partial charge in [0.1, 0.15) is 5.82 Å². The normalized spacial score (nSPS) is 10.6. The summed E-state index contributed by atoms with van der Waals surface area (Å²) in [5.41, 5.74) is 2.96. The summed E-state index contributed by atoms with van der Waals surface area (Å²) < 4.78 is 15.8. The van der Waals surface area contributed by atoms with E-state index in [4.69, 9.17) is 0 Å². The molecule has 0 saturated carbocycles. The van der Waals surface area contributed by atoms with Crippen LogP contribution in [0.3, 0.4) is 0 Å². The molecule has 2 aromatic carbocycles. The van der Waals surface area contributed by atoms with Crippen molar-refractivity contribution in [3.8, 4) is 0 Å². The molecule has 0 amide bonds. The highest BCUT2D eigenvalue weighted by molar-refractivity contribution is 9.13. The van der Waals surface area contributed by atoms with Gasteiger partial charge in [0.05, 0.1) is 4.47 Å². The minimum Gasteiger partial charge on any atom is -0.381 e. The first kappa shape index (κ1) is 15.0. The smallest absolute Gasteiger partial charge is 0.137 e. The monoisotopic (exact) mass is 449 g/mol. The molecule has 0 fully saturated rings. The topological polar surface area (TPSA) is 12.0 Å². The molecule has 0 aliphatic rings. The summed E-state index contributed by atoms with van der Waals surface area (Å²) in [6.45, 7) is 2.57. The molecule has 0 aliphatic carbocycles. The average molecular weight is 452 g/mol. The molecule has 5 heteroatoms. The van der Waals surface area contributed by atoms with Crippen molar-refractivity contribution in [2.45, 2.75) is 13.5 Å². The molecule has 1 nitrogen and oxygen atoms in total. The minimum atomic E-state index is -0.241. The van der Waals surface area contributed by atoms with Gasteiger partial charge in [0.15, 0.2) is 0 Å². The summed E-state index contributed by atoms with van der Waals surface area (Å²) in [5.74, 6) is -0.241. The zero-order valence-corrected chi connectivity index (χ0v) is 14.9. The van der Waals surface area contributed by atoms with E-state index >= 15 is 0 Å². The Morgan fingerprint density at radius 1 is 1.00 bits per heavy atom. The molecule has 100 valence electrons. The van der Waals surface area contributed by atoms with Gasteiger partial charge in [-0.2, -0.15) is 0 Å². The van der Waals surface area contributed by atoms with Crippen LogP contribution in [0.5, 0.6) is 0 Å². The van der Waals surface area contributed by atoms with E-state index in [0.717, 1.165) is 25.8 Å². The van der Waals surface area contributed by atoms with Crippen molar-refractivity contribution < 1.29 is 4.39 Å². The van der Waals surface area contributed by atoms with Crippen molar-refractivity contribution >= 4 is 53.5 Å². The molecule has 1 N–H and O–H groups in total. The molecule has 0 atom stereocenters. The van der Waals surface area contributed by atoms with E-state index in [-0.39, 0.29) is 5.82 Å². The summed E-state index contributed by atoms with van der Waals surface area (Å²) in [5, 5.41) is 3.31. The largest absolute Gasteiger partial charge is 0.381 e. The number of hydrogen-bond donors (Lipinski definition) is 1. The van der Waals surface area contributed by atoms with Gasteiger partial charge in [-0.25, -0.2) is 4.39 Å². The lowest BCUT2D eigenvalue weighted by Gasteiger charge is -2.11. The number of benzene rings is 2. The fourth-order valence-electron chi connectivity index (χ4n) is 1.68. The van der Waals surface area contributed by atoms with Crippen molar-refractivity contribution in [1.82, 2.24) is 0 Å². The molecule has 0 unspecified atom stereocenters. The van der Waals surface area contributed by atoms with Gasteiger partial charge in [0.25, 0.3) is 0 Å². The third-order valence-electron chi connectivity index (χ3n) is 2.73. The van der Waals surface area contributed by atoms with Gasteiger partial charge < -0.3 is 5.32 Å².